The number of nitro benzene ring substituents is 1. The molecule has 3 rings (SSSR count). The number of rotatable bonds is 7. The van der Waals surface area contributed by atoms with Gasteiger partial charge in [0.2, 0.25) is 0 Å². The van der Waals surface area contributed by atoms with Crippen molar-refractivity contribution in [3.05, 3.63) is 57.6 Å². The van der Waals surface area contributed by atoms with Crippen LogP contribution in [-0.4, -0.2) is 56.8 Å². The Morgan fingerprint density at radius 1 is 1.19 bits per heavy atom. The highest BCUT2D eigenvalue weighted by Crippen LogP contribution is 2.30. The first-order valence-electron chi connectivity index (χ1n) is 9.62. The number of morpholine rings is 1. The highest BCUT2D eigenvalue weighted by molar-refractivity contribution is 5.97. The Hall–Kier alpha value is -3.66. The number of hydrogen-bond acceptors (Lipinski definition) is 8. The lowest BCUT2D eigenvalue weighted by molar-refractivity contribution is -0.384. The van der Waals surface area contributed by atoms with E-state index >= 15 is 0 Å². The summed E-state index contributed by atoms with van der Waals surface area (Å²) >= 11 is 0. The van der Waals surface area contributed by atoms with Gasteiger partial charge in [0, 0.05) is 19.2 Å². The first kappa shape index (κ1) is 22.0. The zero-order chi connectivity index (χ0) is 22.4. The van der Waals surface area contributed by atoms with Gasteiger partial charge in [0.05, 0.1) is 36.5 Å². The number of amides is 1. The average molecular weight is 429 g/mol. The van der Waals surface area contributed by atoms with E-state index in [1.165, 1.54) is 19.2 Å². The summed E-state index contributed by atoms with van der Waals surface area (Å²) in [4.78, 5) is 37.4. The van der Waals surface area contributed by atoms with E-state index in [0.29, 0.717) is 43.4 Å². The second-order valence-electron chi connectivity index (χ2n) is 6.89. The van der Waals surface area contributed by atoms with Crippen LogP contribution >= 0.6 is 0 Å². The van der Waals surface area contributed by atoms with Crippen molar-refractivity contribution in [1.82, 2.24) is 0 Å². The average Bonchev–Trinajstić information content (AvgIpc) is 2.77. The lowest BCUT2D eigenvalue weighted by atomic mass is 10.1. The highest BCUT2D eigenvalue weighted by Gasteiger charge is 2.24. The maximum Gasteiger partial charge on any atom is 0.338 e. The van der Waals surface area contributed by atoms with Crippen LogP contribution in [0.5, 0.6) is 5.75 Å². The van der Waals surface area contributed by atoms with Gasteiger partial charge in [-0.2, -0.15) is 0 Å². The number of ether oxygens (including phenoxy) is 3. The zero-order valence-electron chi connectivity index (χ0n) is 17.3. The third-order valence-electron chi connectivity index (χ3n) is 4.72. The SMILES string of the molecule is COc1ccc(C)cc1NC(=O)COC(=O)c1ccc(N2CCOCC2)c([N+](=O)[O-])c1. The molecule has 0 saturated carbocycles. The molecule has 10 nitrogen and oxygen atoms in total. The summed E-state index contributed by atoms with van der Waals surface area (Å²) in [6.45, 7) is 3.31. The lowest BCUT2D eigenvalue weighted by Crippen LogP contribution is -2.36. The summed E-state index contributed by atoms with van der Waals surface area (Å²) in [5.41, 5.74) is 1.57. The van der Waals surface area contributed by atoms with E-state index in [1.807, 2.05) is 17.9 Å². The van der Waals surface area contributed by atoms with Gasteiger partial charge in [0.1, 0.15) is 11.4 Å². The van der Waals surface area contributed by atoms with Crippen molar-refractivity contribution in [2.75, 3.05) is 50.2 Å². The first-order valence-corrected chi connectivity index (χ1v) is 9.62. The summed E-state index contributed by atoms with van der Waals surface area (Å²) < 4.78 is 15.5. The van der Waals surface area contributed by atoms with Crippen molar-refractivity contribution >= 4 is 28.9 Å². The van der Waals surface area contributed by atoms with Crippen LogP contribution in [0.15, 0.2) is 36.4 Å². The van der Waals surface area contributed by atoms with Crippen molar-refractivity contribution in [3.8, 4) is 5.75 Å². The summed E-state index contributed by atoms with van der Waals surface area (Å²) in [5.74, 6) is -0.917. The second kappa shape index (κ2) is 9.90. The molecule has 1 N–H and O–H groups in total. The zero-order valence-corrected chi connectivity index (χ0v) is 17.3. The number of benzene rings is 2. The molecule has 2 aromatic carbocycles. The van der Waals surface area contributed by atoms with E-state index in [2.05, 4.69) is 5.32 Å². The molecule has 0 aliphatic carbocycles. The molecular weight excluding hydrogens is 406 g/mol. The van der Waals surface area contributed by atoms with Gasteiger partial charge in [-0.1, -0.05) is 6.07 Å². The summed E-state index contributed by atoms with van der Waals surface area (Å²) in [7, 11) is 1.48. The molecule has 0 bridgehead atoms. The number of methoxy groups -OCH3 is 1. The molecule has 0 aromatic heterocycles. The Labute approximate surface area is 178 Å². The maximum absolute atomic E-state index is 12.4. The largest absolute Gasteiger partial charge is 0.495 e. The topological polar surface area (TPSA) is 120 Å². The molecule has 0 radical (unpaired) electrons. The van der Waals surface area contributed by atoms with Crippen LogP contribution in [0.1, 0.15) is 15.9 Å². The third kappa shape index (κ3) is 5.48. The van der Waals surface area contributed by atoms with E-state index in [9.17, 15) is 19.7 Å². The molecule has 0 unspecified atom stereocenters. The van der Waals surface area contributed by atoms with E-state index in [0.717, 1.165) is 11.6 Å². The van der Waals surface area contributed by atoms with E-state index in [-0.39, 0.29) is 11.3 Å². The maximum atomic E-state index is 12.4. The molecule has 1 aliphatic heterocycles. The molecular formula is C21H23N3O7. The highest BCUT2D eigenvalue weighted by atomic mass is 16.6. The van der Waals surface area contributed by atoms with Crippen LogP contribution in [0.2, 0.25) is 0 Å². The molecule has 1 amide bonds. The van der Waals surface area contributed by atoms with Gasteiger partial charge in [-0.3, -0.25) is 14.9 Å². The molecule has 1 fully saturated rings. The molecule has 1 aliphatic rings. The van der Waals surface area contributed by atoms with Crippen LogP contribution in [0.25, 0.3) is 0 Å². The number of aryl methyl sites for hydroxylation is 1. The molecule has 31 heavy (non-hydrogen) atoms. The summed E-state index contributed by atoms with van der Waals surface area (Å²) in [6.07, 6.45) is 0. The molecule has 1 heterocycles. The van der Waals surface area contributed by atoms with Crippen molar-refractivity contribution in [2.45, 2.75) is 6.92 Å². The molecule has 0 atom stereocenters. The van der Waals surface area contributed by atoms with Crippen LogP contribution < -0.4 is 15.0 Å². The Bertz CT molecular complexity index is 987. The minimum Gasteiger partial charge on any atom is -0.495 e. The molecule has 2 aromatic rings. The number of carbonyl (C=O) groups excluding carboxylic acids is 2. The standard InChI is InChI=1S/C21H23N3O7/c1-14-3-6-19(29-2)16(11-14)22-20(25)13-31-21(26)15-4-5-17(18(12-15)24(27)28)23-7-9-30-10-8-23/h3-6,11-12H,7-10,13H2,1-2H3,(H,22,25). The Morgan fingerprint density at radius 3 is 2.61 bits per heavy atom. The fraction of sp³-hybridized carbons (Fsp3) is 0.333. The quantitative estimate of drug-likeness (QED) is 0.405. The van der Waals surface area contributed by atoms with Crippen molar-refractivity contribution < 1.29 is 28.7 Å². The van der Waals surface area contributed by atoms with Crippen LogP contribution in [0.4, 0.5) is 17.1 Å². The third-order valence-corrected chi connectivity index (χ3v) is 4.72. The van der Waals surface area contributed by atoms with Gasteiger partial charge in [-0.05, 0) is 36.8 Å². The number of nitro groups is 1. The van der Waals surface area contributed by atoms with Crippen molar-refractivity contribution in [3.63, 3.8) is 0 Å². The summed E-state index contributed by atoms with van der Waals surface area (Å²) in [6, 6.07) is 9.40. The Kier molecular flexibility index (Phi) is 7.03. The number of hydrogen-bond donors (Lipinski definition) is 1. The molecule has 10 heteroatoms. The number of esters is 1. The normalized spacial score (nSPS) is 13.4. The second-order valence-corrected chi connectivity index (χ2v) is 6.89. The first-order chi connectivity index (χ1) is 14.9. The van der Waals surface area contributed by atoms with Gasteiger partial charge in [-0.25, -0.2) is 4.79 Å². The minimum absolute atomic E-state index is 0.00959. The van der Waals surface area contributed by atoms with Crippen LogP contribution in [-0.2, 0) is 14.3 Å². The van der Waals surface area contributed by atoms with Crippen molar-refractivity contribution in [1.29, 1.82) is 0 Å². The number of nitrogens with zero attached hydrogens (tertiary/aromatic N) is 2. The predicted octanol–water partition coefficient (Wildman–Crippen LogP) is 2.54. The lowest BCUT2D eigenvalue weighted by Gasteiger charge is -2.28. The van der Waals surface area contributed by atoms with Gasteiger partial charge in [-0.15, -0.1) is 0 Å². The Balaban J connectivity index is 1.66. The molecule has 1 saturated heterocycles. The minimum atomic E-state index is -0.831. The Morgan fingerprint density at radius 2 is 1.94 bits per heavy atom. The van der Waals surface area contributed by atoms with Crippen LogP contribution in [0, 0.1) is 17.0 Å². The number of carbonyl (C=O) groups is 2. The monoisotopic (exact) mass is 429 g/mol. The van der Waals surface area contributed by atoms with Gasteiger partial charge >= 0.3 is 5.97 Å². The predicted molar refractivity (Wildman–Crippen MR) is 113 cm³/mol. The van der Waals surface area contributed by atoms with Gasteiger partial charge in [0.25, 0.3) is 11.6 Å². The fourth-order valence-corrected chi connectivity index (χ4v) is 3.19. The molecule has 164 valence electrons. The van der Waals surface area contributed by atoms with Crippen molar-refractivity contribution in [2.24, 2.45) is 0 Å². The van der Waals surface area contributed by atoms with Gasteiger partial charge < -0.3 is 24.4 Å². The number of nitrogens with one attached hydrogen (secondary N) is 1. The van der Waals surface area contributed by atoms with Crippen LogP contribution in [0.3, 0.4) is 0 Å². The van der Waals surface area contributed by atoms with E-state index < -0.39 is 23.4 Å². The smallest absolute Gasteiger partial charge is 0.338 e. The van der Waals surface area contributed by atoms with E-state index in [1.54, 1.807) is 12.1 Å². The fourth-order valence-electron chi connectivity index (χ4n) is 3.19. The number of anilines is 2. The van der Waals surface area contributed by atoms with E-state index in [4.69, 9.17) is 14.2 Å². The van der Waals surface area contributed by atoms with Gasteiger partial charge in [0.15, 0.2) is 6.61 Å². The summed E-state index contributed by atoms with van der Waals surface area (Å²) in [5, 5.41) is 14.1. The molecule has 0 spiro atoms.